The summed E-state index contributed by atoms with van der Waals surface area (Å²) in [5.74, 6) is -0.827. The van der Waals surface area contributed by atoms with E-state index in [1.165, 1.54) is 24.3 Å². The highest BCUT2D eigenvalue weighted by molar-refractivity contribution is 6.08. The van der Waals surface area contributed by atoms with Gasteiger partial charge in [-0.25, -0.2) is 0 Å². The molecular weight excluding hydrogens is 341 g/mol. The number of nitrogens with one attached hydrogen (secondary N) is 2. The van der Waals surface area contributed by atoms with Crippen LogP contribution in [-0.4, -0.2) is 21.0 Å². The number of halogens is 3. The number of H-pyrrole nitrogens is 1. The lowest BCUT2D eigenvalue weighted by atomic mass is 10.1. The number of non-ortho nitro benzene ring substituents is 1. The molecule has 25 heavy (non-hydrogen) atoms. The molecule has 0 spiro atoms. The molecule has 0 fully saturated rings. The van der Waals surface area contributed by atoms with Crippen LogP contribution in [0.4, 0.5) is 24.7 Å². The first-order valence-electron chi connectivity index (χ1n) is 6.87. The maximum atomic E-state index is 12.7. The van der Waals surface area contributed by atoms with Crippen molar-refractivity contribution >= 4 is 28.3 Å². The van der Waals surface area contributed by atoms with Crippen LogP contribution in [0.15, 0.2) is 42.5 Å². The van der Waals surface area contributed by atoms with Crippen LogP contribution in [0.2, 0.25) is 0 Å². The largest absolute Gasteiger partial charge is 0.416 e. The fourth-order valence-corrected chi connectivity index (χ4v) is 2.23. The highest BCUT2D eigenvalue weighted by Crippen LogP contribution is 2.30. The van der Waals surface area contributed by atoms with Crippen molar-refractivity contribution in [3.63, 3.8) is 0 Å². The molecule has 128 valence electrons. The molecule has 0 unspecified atom stereocenters. The van der Waals surface area contributed by atoms with Crippen LogP contribution >= 0.6 is 0 Å². The lowest BCUT2D eigenvalue weighted by Crippen LogP contribution is -2.14. The van der Waals surface area contributed by atoms with Crippen molar-refractivity contribution in [1.82, 2.24) is 10.2 Å². The lowest BCUT2D eigenvalue weighted by molar-refractivity contribution is -0.384. The monoisotopic (exact) mass is 350 g/mol. The molecule has 0 saturated heterocycles. The molecule has 3 aromatic rings. The number of aromatic nitrogens is 2. The summed E-state index contributed by atoms with van der Waals surface area (Å²) in [7, 11) is 0. The van der Waals surface area contributed by atoms with Gasteiger partial charge in [-0.15, -0.1) is 0 Å². The van der Waals surface area contributed by atoms with Crippen molar-refractivity contribution in [1.29, 1.82) is 0 Å². The van der Waals surface area contributed by atoms with E-state index in [0.29, 0.717) is 11.6 Å². The number of fused-ring (bicyclic) bond motifs is 1. The average Bonchev–Trinajstić information content (AvgIpc) is 2.96. The first kappa shape index (κ1) is 16.4. The van der Waals surface area contributed by atoms with Gasteiger partial charge in [0.05, 0.1) is 21.4 Å². The number of nitro benzene ring substituents is 1. The van der Waals surface area contributed by atoms with E-state index in [2.05, 4.69) is 15.5 Å². The van der Waals surface area contributed by atoms with Crippen molar-refractivity contribution in [3.8, 4) is 0 Å². The SMILES string of the molecule is O=C(Nc1n[nH]c2ccc([N+](=O)[O-])cc12)c1cccc(C(F)(F)F)c1. The molecule has 0 aliphatic rings. The van der Waals surface area contributed by atoms with Crippen molar-refractivity contribution in [3.05, 3.63) is 63.7 Å². The number of nitro groups is 1. The van der Waals surface area contributed by atoms with Gasteiger partial charge in [0.2, 0.25) is 0 Å². The van der Waals surface area contributed by atoms with Gasteiger partial charge in [0.1, 0.15) is 0 Å². The van der Waals surface area contributed by atoms with Gasteiger partial charge in [0.15, 0.2) is 5.82 Å². The summed E-state index contributed by atoms with van der Waals surface area (Å²) in [6.07, 6.45) is -4.57. The number of amides is 1. The summed E-state index contributed by atoms with van der Waals surface area (Å²) in [6, 6.07) is 7.80. The summed E-state index contributed by atoms with van der Waals surface area (Å²) in [5, 5.41) is 19.9. The third-order valence-corrected chi connectivity index (χ3v) is 3.44. The first-order valence-corrected chi connectivity index (χ1v) is 6.87. The quantitative estimate of drug-likeness (QED) is 0.555. The Labute approximate surface area is 137 Å². The summed E-state index contributed by atoms with van der Waals surface area (Å²) in [5.41, 5.74) is -0.938. The maximum Gasteiger partial charge on any atom is 0.416 e. The van der Waals surface area contributed by atoms with Crippen LogP contribution in [0.1, 0.15) is 15.9 Å². The summed E-state index contributed by atoms with van der Waals surface area (Å²) < 4.78 is 38.2. The molecule has 0 atom stereocenters. The van der Waals surface area contributed by atoms with Crippen molar-refractivity contribution in [2.24, 2.45) is 0 Å². The molecule has 1 heterocycles. The van der Waals surface area contributed by atoms with Gasteiger partial charge in [-0.2, -0.15) is 18.3 Å². The second-order valence-electron chi connectivity index (χ2n) is 5.09. The normalized spacial score (nSPS) is 11.5. The molecule has 2 N–H and O–H groups in total. The van der Waals surface area contributed by atoms with Gasteiger partial charge in [-0.3, -0.25) is 20.0 Å². The molecule has 1 aromatic heterocycles. The number of alkyl halides is 3. The Morgan fingerprint density at radius 3 is 2.64 bits per heavy atom. The zero-order valence-corrected chi connectivity index (χ0v) is 12.3. The summed E-state index contributed by atoms with van der Waals surface area (Å²) in [6.45, 7) is 0. The maximum absolute atomic E-state index is 12.7. The lowest BCUT2D eigenvalue weighted by Gasteiger charge is -2.08. The zero-order chi connectivity index (χ0) is 18.2. The molecule has 2 aromatic carbocycles. The van der Waals surface area contributed by atoms with Crippen molar-refractivity contribution in [2.45, 2.75) is 6.18 Å². The van der Waals surface area contributed by atoms with Gasteiger partial charge in [0.25, 0.3) is 11.6 Å². The van der Waals surface area contributed by atoms with E-state index in [-0.39, 0.29) is 22.5 Å². The Balaban J connectivity index is 1.92. The summed E-state index contributed by atoms with van der Waals surface area (Å²) >= 11 is 0. The predicted octanol–water partition coefficient (Wildman–Crippen LogP) is 3.74. The number of carbonyl (C=O) groups is 1. The number of hydrogen-bond acceptors (Lipinski definition) is 4. The van der Waals surface area contributed by atoms with Crippen LogP contribution in [0.5, 0.6) is 0 Å². The van der Waals surface area contributed by atoms with E-state index < -0.39 is 22.6 Å². The fraction of sp³-hybridized carbons (Fsp3) is 0.0667. The Bertz CT molecular complexity index is 982. The fourth-order valence-electron chi connectivity index (χ4n) is 2.23. The van der Waals surface area contributed by atoms with Gasteiger partial charge >= 0.3 is 6.18 Å². The smallest absolute Gasteiger partial charge is 0.305 e. The zero-order valence-electron chi connectivity index (χ0n) is 12.3. The number of hydrogen-bond donors (Lipinski definition) is 2. The molecular formula is C15H9F3N4O3. The Morgan fingerprint density at radius 1 is 1.20 bits per heavy atom. The minimum Gasteiger partial charge on any atom is -0.305 e. The molecule has 0 aliphatic carbocycles. The van der Waals surface area contributed by atoms with E-state index in [4.69, 9.17) is 0 Å². The summed E-state index contributed by atoms with van der Waals surface area (Å²) in [4.78, 5) is 22.4. The average molecular weight is 350 g/mol. The third kappa shape index (κ3) is 3.27. The predicted molar refractivity (Wildman–Crippen MR) is 82.1 cm³/mol. The molecule has 0 radical (unpaired) electrons. The number of benzene rings is 2. The molecule has 0 bridgehead atoms. The number of anilines is 1. The Morgan fingerprint density at radius 2 is 1.96 bits per heavy atom. The van der Waals surface area contributed by atoms with Gasteiger partial charge < -0.3 is 5.32 Å². The molecule has 0 saturated carbocycles. The highest BCUT2D eigenvalue weighted by atomic mass is 19.4. The number of carbonyl (C=O) groups excluding carboxylic acids is 1. The van der Waals surface area contributed by atoms with Crippen LogP contribution in [0, 0.1) is 10.1 Å². The molecule has 1 amide bonds. The number of nitrogens with zero attached hydrogens (tertiary/aromatic N) is 2. The number of aromatic amines is 1. The van der Waals surface area contributed by atoms with Crippen molar-refractivity contribution < 1.29 is 22.9 Å². The Kier molecular flexibility index (Phi) is 3.87. The van der Waals surface area contributed by atoms with Gasteiger partial charge in [-0.05, 0) is 24.3 Å². The molecule has 7 nitrogen and oxygen atoms in total. The second kappa shape index (κ2) is 5.89. The van der Waals surface area contributed by atoms with Crippen LogP contribution in [-0.2, 0) is 6.18 Å². The van der Waals surface area contributed by atoms with E-state index in [0.717, 1.165) is 12.1 Å². The van der Waals surface area contributed by atoms with Gasteiger partial charge in [-0.1, -0.05) is 6.07 Å². The van der Waals surface area contributed by atoms with Crippen LogP contribution in [0.25, 0.3) is 10.9 Å². The molecule has 0 aliphatic heterocycles. The first-order chi connectivity index (χ1) is 11.8. The van der Waals surface area contributed by atoms with Crippen molar-refractivity contribution in [2.75, 3.05) is 5.32 Å². The molecule has 3 rings (SSSR count). The van der Waals surface area contributed by atoms with E-state index >= 15 is 0 Å². The van der Waals surface area contributed by atoms with E-state index in [1.807, 2.05) is 0 Å². The van der Waals surface area contributed by atoms with Gasteiger partial charge in [0, 0.05) is 17.7 Å². The van der Waals surface area contributed by atoms with E-state index in [1.54, 1.807) is 0 Å². The minimum atomic E-state index is -4.57. The standard InChI is InChI=1S/C15H9F3N4O3/c16-15(17,18)9-3-1-2-8(6-9)14(23)19-13-11-7-10(22(24)25)4-5-12(11)20-21-13/h1-7H,(H2,19,20,21,23). The Hall–Kier alpha value is -3.43. The highest BCUT2D eigenvalue weighted by Gasteiger charge is 2.31. The second-order valence-corrected chi connectivity index (χ2v) is 5.09. The minimum absolute atomic E-state index is 0.0129. The third-order valence-electron chi connectivity index (χ3n) is 3.44. The molecule has 10 heteroatoms. The topological polar surface area (TPSA) is 101 Å². The van der Waals surface area contributed by atoms with Crippen LogP contribution in [0.3, 0.4) is 0 Å². The van der Waals surface area contributed by atoms with E-state index in [9.17, 15) is 28.1 Å². The van der Waals surface area contributed by atoms with Crippen LogP contribution < -0.4 is 5.32 Å². The number of rotatable bonds is 3.